The van der Waals surface area contributed by atoms with E-state index in [0.717, 1.165) is 41.7 Å². The number of hydrogen-bond acceptors (Lipinski definition) is 4. The monoisotopic (exact) mass is 600 g/mol. The predicted molar refractivity (Wildman–Crippen MR) is 156 cm³/mol. The number of anilines is 1. The number of aromatic nitrogens is 2. The number of halogens is 3. The van der Waals surface area contributed by atoms with Crippen LogP contribution in [-0.2, 0) is 16.4 Å². The highest BCUT2D eigenvalue weighted by Gasteiger charge is 2.28. The van der Waals surface area contributed by atoms with Crippen LogP contribution in [0.3, 0.4) is 0 Å². The minimum absolute atomic E-state index is 0.0481. The lowest BCUT2D eigenvalue weighted by atomic mass is 10.0. The van der Waals surface area contributed by atoms with Gasteiger partial charge < -0.3 is 5.32 Å². The van der Waals surface area contributed by atoms with Gasteiger partial charge in [0.2, 0.25) is 10.0 Å². The maximum atomic E-state index is 13.5. The molecule has 0 unspecified atom stereocenters. The third-order valence-electron chi connectivity index (χ3n) is 6.42. The Morgan fingerprint density at radius 2 is 1.59 bits per heavy atom. The third-order valence-corrected chi connectivity index (χ3v) is 8.13. The van der Waals surface area contributed by atoms with Crippen molar-refractivity contribution in [2.45, 2.75) is 30.6 Å². The smallest absolute Gasteiger partial charge is 0.276 e. The van der Waals surface area contributed by atoms with Gasteiger partial charge in [-0.3, -0.25) is 4.79 Å². The second kappa shape index (κ2) is 11.2. The number of carbonyl (C=O) groups excluding carboxylic acids is 1. The average Bonchev–Trinajstić information content (AvgIpc) is 3.14. The van der Waals surface area contributed by atoms with Crippen LogP contribution in [0.1, 0.15) is 46.6 Å². The lowest BCUT2D eigenvalue weighted by Gasteiger charge is -2.13. The van der Waals surface area contributed by atoms with Crippen LogP contribution >= 0.6 is 34.8 Å². The van der Waals surface area contributed by atoms with E-state index in [1.165, 1.54) is 24.3 Å². The number of sulfonamides is 1. The SMILES string of the molecule is NS(=O)(=O)c1ccc(NC(=O)c2nn(-c3ccc(Cl)cc3Cl)c3c2CCCCC3=Cc2ccc(Cl)cc2)cc1. The van der Waals surface area contributed by atoms with Crippen molar-refractivity contribution in [3.63, 3.8) is 0 Å². The van der Waals surface area contributed by atoms with Gasteiger partial charge in [0.25, 0.3) is 5.91 Å². The summed E-state index contributed by atoms with van der Waals surface area (Å²) in [6, 6.07) is 18.3. The van der Waals surface area contributed by atoms with Gasteiger partial charge in [-0.2, -0.15) is 5.10 Å². The fraction of sp³-hybridized carbons (Fsp3) is 0.143. The van der Waals surface area contributed by atoms with Crippen molar-refractivity contribution in [3.8, 4) is 5.69 Å². The van der Waals surface area contributed by atoms with E-state index in [4.69, 9.17) is 45.0 Å². The molecule has 1 amide bonds. The zero-order valence-corrected chi connectivity index (χ0v) is 23.6. The van der Waals surface area contributed by atoms with Gasteiger partial charge in [0.05, 0.1) is 21.3 Å². The molecular formula is C28H23Cl3N4O3S. The van der Waals surface area contributed by atoms with Crippen LogP contribution in [0.2, 0.25) is 15.1 Å². The van der Waals surface area contributed by atoms with E-state index in [9.17, 15) is 13.2 Å². The summed E-state index contributed by atoms with van der Waals surface area (Å²) in [5.74, 6) is -0.425. The van der Waals surface area contributed by atoms with E-state index in [1.807, 2.05) is 24.3 Å². The molecule has 0 atom stereocenters. The predicted octanol–water partition coefficient (Wildman–Crippen LogP) is 7.00. The van der Waals surface area contributed by atoms with Crippen LogP contribution in [0, 0.1) is 0 Å². The molecule has 0 bridgehead atoms. The summed E-state index contributed by atoms with van der Waals surface area (Å²) in [7, 11) is -3.85. The van der Waals surface area contributed by atoms with Crippen molar-refractivity contribution in [3.05, 3.63) is 104 Å². The van der Waals surface area contributed by atoms with Crippen molar-refractivity contribution in [1.29, 1.82) is 0 Å². The van der Waals surface area contributed by atoms with Crippen molar-refractivity contribution >= 4 is 68.1 Å². The summed E-state index contributed by atoms with van der Waals surface area (Å²) < 4.78 is 24.9. The Morgan fingerprint density at radius 3 is 2.26 bits per heavy atom. The van der Waals surface area contributed by atoms with Gasteiger partial charge in [-0.05, 0) is 97.5 Å². The number of nitrogens with zero attached hydrogens (tertiary/aromatic N) is 2. The first-order valence-electron chi connectivity index (χ1n) is 12.1. The molecule has 3 aromatic carbocycles. The molecule has 0 saturated heterocycles. The fourth-order valence-electron chi connectivity index (χ4n) is 4.58. The molecule has 1 heterocycles. The first-order valence-corrected chi connectivity index (χ1v) is 14.8. The molecule has 4 aromatic rings. The first kappa shape index (κ1) is 27.4. The lowest BCUT2D eigenvalue weighted by Crippen LogP contribution is -2.16. The fourth-order valence-corrected chi connectivity index (χ4v) is 5.71. The zero-order chi connectivity index (χ0) is 27.7. The number of primary sulfonamides is 1. The van der Waals surface area contributed by atoms with Crippen molar-refractivity contribution < 1.29 is 13.2 Å². The Labute approximate surface area is 241 Å². The molecule has 0 saturated carbocycles. The minimum Gasteiger partial charge on any atom is -0.321 e. The molecule has 7 nitrogen and oxygen atoms in total. The Kier molecular flexibility index (Phi) is 7.84. The van der Waals surface area contributed by atoms with Crippen LogP contribution in [0.4, 0.5) is 5.69 Å². The topological polar surface area (TPSA) is 107 Å². The van der Waals surface area contributed by atoms with Gasteiger partial charge in [0.15, 0.2) is 5.69 Å². The Hall–Kier alpha value is -3.14. The van der Waals surface area contributed by atoms with Crippen LogP contribution in [0.25, 0.3) is 17.3 Å². The number of nitrogens with one attached hydrogen (secondary N) is 1. The molecular weight excluding hydrogens is 579 g/mol. The number of allylic oxidation sites excluding steroid dienone is 1. The highest BCUT2D eigenvalue weighted by molar-refractivity contribution is 7.89. The van der Waals surface area contributed by atoms with E-state index in [-0.39, 0.29) is 10.6 Å². The lowest BCUT2D eigenvalue weighted by molar-refractivity contribution is 0.102. The normalized spacial score (nSPS) is 14.6. The summed E-state index contributed by atoms with van der Waals surface area (Å²) in [6.07, 6.45) is 5.30. The van der Waals surface area contributed by atoms with E-state index in [2.05, 4.69) is 11.4 Å². The molecule has 0 fully saturated rings. The summed E-state index contributed by atoms with van der Waals surface area (Å²) in [5, 5.41) is 14.3. The standard InChI is InChI=1S/C28H23Cl3N4O3S/c29-19-7-5-17(6-8-19)15-18-3-1-2-4-23-26(28(36)33-21-10-12-22(13-11-21)39(32,37)38)34-35(27(18)23)25-14-9-20(30)16-24(25)31/h5-16H,1-4H2,(H,33,36)(H2,32,37,38). The Morgan fingerprint density at radius 1 is 0.923 bits per heavy atom. The first-order chi connectivity index (χ1) is 18.6. The summed E-state index contributed by atoms with van der Waals surface area (Å²) in [6.45, 7) is 0. The number of carbonyl (C=O) groups is 1. The molecule has 11 heteroatoms. The van der Waals surface area contributed by atoms with Gasteiger partial charge in [0, 0.05) is 21.3 Å². The van der Waals surface area contributed by atoms with Gasteiger partial charge in [-0.1, -0.05) is 46.9 Å². The molecule has 200 valence electrons. The minimum atomic E-state index is -3.85. The maximum Gasteiger partial charge on any atom is 0.276 e. The Bertz CT molecular complexity index is 1700. The maximum absolute atomic E-state index is 13.5. The summed E-state index contributed by atoms with van der Waals surface area (Å²) in [5.41, 5.74) is 4.86. The average molecular weight is 602 g/mol. The van der Waals surface area contributed by atoms with Crippen molar-refractivity contribution in [1.82, 2.24) is 9.78 Å². The van der Waals surface area contributed by atoms with E-state index < -0.39 is 15.9 Å². The van der Waals surface area contributed by atoms with E-state index in [0.29, 0.717) is 32.9 Å². The molecule has 5 rings (SSSR count). The highest BCUT2D eigenvalue weighted by Crippen LogP contribution is 2.37. The van der Waals surface area contributed by atoms with Crippen molar-refractivity contribution in [2.24, 2.45) is 5.14 Å². The van der Waals surface area contributed by atoms with Gasteiger partial charge in [-0.15, -0.1) is 0 Å². The molecule has 1 aromatic heterocycles. The van der Waals surface area contributed by atoms with Gasteiger partial charge in [0.1, 0.15) is 0 Å². The number of amides is 1. The molecule has 0 aliphatic heterocycles. The van der Waals surface area contributed by atoms with Gasteiger partial charge >= 0.3 is 0 Å². The largest absolute Gasteiger partial charge is 0.321 e. The number of benzene rings is 3. The van der Waals surface area contributed by atoms with E-state index in [1.54, 1.807) is 22.9 Å². The van der Waals surface area contributed by atoms with Crippen LogP contribution in [0.5, 0.6) is 0 Å². The van der Waals surface area contributed by atoms with E-state index >= 15 is 0 Å². The molecule has 0 spiro atoms. The highest BCUT2D eigenvalue weighted by atomic mass is 35.5. The van der Waals surface area contributed by atoms with Crippen molar-refractivity contribution in [2.75, 3.05) is 5.32 Å². The molecule has 39 heavy (non-hydrogen) atoms. The number of rotatable bonds is 5. The van der Waals surface area contributed by atoms with Crippen LogP contribution < -0.4 is 10.5 Å². The molecule has 1 aliphatic rings. The Balaban J connectivity index is 1.63. The zero-order valence-electron chi connectivity index (χ0n) is 20.5. The molecule has 3 N–H and O–H groups in total. The van der Waals surface area contributed by atoms with Crippen LogP contribution in [-0.4, -0.2) is 24.1 Å². The number of hydrogen-bond donors (Lipinski definition) is 2. The number of nitrogens with two attached hydrogens (primary N) is 1. The van der Waals surface area contributed by atoms with Gasteiger partial charge in [-0.25, -0.2) is 18.2 Å². The number of fused-ring (bicyclic) bond motifs is 1. The molecule has 1 aliphatic carbocycles. The summed E-state index contributed by atoms with van der Waals surface area (Å²) in [4.78, 5) is 13.5. The quantitative estimate of drug-likeness (QED) is 0.240. The second-order valence-corrected chi connectivity index (χ2v) is 12.0. The third kappa shape index (κ3) is 6.05. The second-order valence-electron chi connectivity index (χ2n) is 9.14. The molecule has 0 radical (unpaired) electrons. The summed E-state index contributed by atoms with van der Waals surface area (Å²) >= 11 is 18.9. The van der Waals surface area contributed by atoms with Crippen LogP contribution in [0.15, 0.2) is 71.6 Å².